The van der Waals surface area contributed by atoms with E-state index in [9.17, 15) is 14.4 Å². The predicted octanol–water partition coefficient (Wildman–Crippen LogP) is 2.15. The van der Waals surface area contributed by atoms with Crippen LogP contribution in [0.15, 0.2) is 22.7 Å². The van der Waals surface area contributed by atoms with Gasteiger partial charge in [-0.2, -0.15) is 0 Å². The Bertz CT molecular complexity index is 552. The Kier molecular flexibility index (Phi) is 5.78. The molecule has 108 valence electrons. The van der Waals surface area contributed by atoms with Crippen molar-refractivity contribution >= 4 is 51.2 Å². The summed E-state index contributed by atoms with van der Waals surface area (Å²) in [4.78, 5) is 32.9. The van der Waals surface area contributed by atoms with Gasteiger partial charge in [0.05, 0.1) is 21.6 Å². The minimum absolute atomic E-state index is 0.328. The fourth-order valence-corrected chi connectivity index (χ4v) is 1.83. The number of anilines is 1. The Morgan fingerprint density at radius 1 is 1.30 bits per heavy atom. The smallest absolute Gasteiger partial charge is 0.326 e. The molecule has 0 aliphatic carbocycles. The largest absolute Gasteiger partial charge is 0.481 e. The lowest BCUT2D eigenvalue weighted by Gasteiger charge is -2.14. The highest BCUT2D eigenvalue weighted by Crippen LogP contribution is 2.29. The lowest BCUT2D eigenvalue weighted by molar-refractivity contribution is -0.145. The highest BCUT2D eigenvalue weighted by atomic mass is 79.9. The van der Waals surface area contributed by atoms with E-state index in [0.29, 0.717) is 15.2 Å². The predicted molar refractivity (Wildman–Crippen MR) is 75.0 cm³/mol. The van der Waals surface area contributed by atoms with Crippen LogP contribution in [0.5, 0.6) is 0 Å². The van der Waals surface area contributed by atoms with Gasteiger partial charge in [-0.15, -0.1) is 0 Å². The molecule has 4 N–H and O–H groups in total. The van der Waals surface area contributed by atoms with Crippen LogP contribution in [0.25, 0.3) is 0 Å². The standard InChI is InChI=1S/C11H10BrClN2O5/c12-9-5(13)2-1-3-6(9)14-11(20)15-7(10(18)19)4-8(16)17/h1-3,7H,4H2,(H,16,17)(H,18,19)(H2,14,15,20)/t7-/m0/s1. The molecule has 1 aromatic carbocycles. The number of urea groups is 1. The van der Waals surface area contributed by atoms with Crippen LogP contribution >= 0.6 is 27.5 Å². The molecule has 2 amide bonds. The van der Waals surface area contributed by atoms with E-state index < -0.39 is 30.4 Å². The Morgan fingerprint density at radius 2 is 1.95 bits per heavy atom. The van der Waals surface area contributed by atoms with Gasteiger partial charge in [0.1, 0.15) is 6.04 Å². The van der Waals surface area contributed by atoms with E-state index in [4.69, 9.17) is 21.8 Å². The summed E-state index contributed by atoms with van der Waals surface area (Å²) in [5.41, 5.74) is 0.328. The van der Waals surface area contributed by atoms with Crippen molar-refractivity contribution in [3.63, 3.8) is 0 Å². The lowest BCUT2D eigenvalue weighted by Crippen LogP contribution is -2.44. The molecule has 0 heterocycles. The van der Waals surface area contributed by atoms with Crippen molar-refractivity contribution in [3.8, 4) is 0 Å². The second kappa shape index (κ2) is 7.11. The first kappa shape index (κ1) is 16.3. The summed E-state index contributed by atoms with van der Waals surface area (Å²) < 4.78 is 0.432. The topological polar surface area (TPSA) is 116 Å². The maximum atomic E-state index is 11.6. The fourth-order valence-electron chi connectivity index (χ4n) is 1.29. The first-order chi connectivity index (χ1) is 9.31. The third kappa shape index (κ3) is 4.71. The SMILES string of the molecule is O=C(O)C[C@H](NC(=O)Nc1cccc(Cl)c1Br)C(=O)O. The van der Waals surface area contributed by atoms with E-state index >= 15 is 0 Å². The monoisotopic (exact) mass is 364 g/mol. The van der Waals surface area contributed by atoms with Gasteiger partial charge < -0.3 is 20.8 Å². The van der Waals surface area contributed by atoms with Gasteiger partial charge in [-0.1, -0.05) is 17.7 Å². The highest BCUT2D eigenvalue weighted by molar-refractivity contribution is 9.10. The van der Waals surface area contributed by atoms with Crippen LogP contribution < -0.4 is 10.6 Å². The van der Waals surface area contributed by atoms with E-state index in [1.54, 1.807) is 18.2 Å². The number of benzene rings is 1. The van der Waals surface area contributed by atoms with Crippen molar-refractivity contribution < 1.29 is 24.6 Å². The molecular formula is C11H10BrClN2O5. The van der Waals surface area contributed by atoms with Crippen LogP contribution in [0.3, 0.4) is 0 Å². The van der Waals surface area contributed by atoms with Gasteiger partial charge >= 0.3 is 18.0 Å². The number of carbonyl (C=O) groups is 3. The number of rotatable bonds is 5. The van der Waals surface area contributed by atoms with Gasteiger partial charge in [0, 0.05) is 0 Å². The molecule has 9 heteroatoms. The molecule has 1 atom stereocenters. The number of hydrogen-bond donors (Lipinski definition) is 4. The van der Waals surface area contributed by atoms with E-state index in [2.05, 4.69) is 21.2 Å². The van der Waals surface area contributed by atoms with Crippen LogP contribution in [0, 0.1) is 0 Å². The molecule has 20 heavy (non-hydrogen) atoms. The van der Waals surface area contributed by atoms with Gasteiger partial charge in [-0.3, -0.25) is 4.79 Å². The molecule has 0 bridgehead atoms. The molecule has 0 unspecified atom stereocenters. The zero-order valence-electron chi connectivity index (χ0n) is 9.89. The fraction of sp³-hybridized carbons (Fsp3) is 0.182. The van der Waals surface area contributed by atoms with Crippen molar-refractivity contribution in [2.75, 3.05) is 5.32 Å². The molecule has 0 aliphatic heterocycles. The zero-order chi connectivity index (χ0) is 15.3. The Morgan fingerprint density at radius 3 is 2.50 bits per heavy atom. The lowest BCUT2D eigenvalue weighted by atomic mass is 10.2. The van der Waals surface area contributed by atoms with Crippen molar-refractivity contribution in [2.24, 2.45) is 0 Å². The highest BCUT2D eigenvalue weighted by Gasteiger charge is 2.23. The van der Waals surface area contributed by atoms with E-state index in [0.717, 1.165) is 0 Å². The number of halogens is 2. The number of hydrogen-bond acceptors (Lipinski definition) is 3. The van der Waals surface area contributed by atoms with Crippen molar-refractivity contribution in [2.45, 2.75) is 12.5 Å². The average Bonchev–Trinajstić information content (AvgIpc) is 2.33. The molecule has 0 aliphatic rings. The summed E-state index contributed by atoms with van der Waals surface area (Å²) >= 11 is 8.99. The maximum absolute atomic E-state index is 11.6. The molecule has 0 saturated heterocycles. The first-order valence-electron chi connectivity index (χ1n) is 5.27. The molecule has 0 aromatic heterocycles. The number of aliphatic carboxylic acids is 2. The zero-order valence-corrected chi connectivity index (χ0v) is 12.2. The molecule has 0 radical (unpaired) electrons. The van der Waals surface area contributed by atoms with Crippen LogP contribution in [-0.4, -0.2) is 34.2 Å². The summed E-state index contributed by atoms with van der Waals surface area (Å²) in [6.45, 7) is 0. The quantitative estimate of drug-likeness (QED) is 0.638. The second-order valence-corrected chi connectivity index (χ2v) is 4.89. The van der Waals surface area contributed by atoms with Gasteiger partial charge in [-0.25, -0.2) is 9.59 Å². The minimum atomic E-state index is -1.52. The number of carboxylic acids is 2. The molecule has 1 rings (SSSR count). The van der Waals surface area contributed by atoms with Crippen molar-refractivity contribution in [1.29, 1.82) is 0 Å². The first-order valence-corrected chi connectivity index (χ1v) is 6.44. The molecule has 7 nitrogen and oxygen atoms in total. The summed E-state index contributed by atoms with van der Waals surface area (Å²) in [7, 11) is 0. The van der Waals surface area contributed by atoms with Gasteiger partial charge in [-0.05, 0) is 28.1 Å². The third-order valence-corrected chi connectivity index (χ3v) is 3.58. The van der Waals surface area contributed by atoms with Crippen LogP contribution in [0.4, 0.5) is 10.5 Å². The number of carboxylic acid groups (broad SMARTS) is 2. The van der Waals surface area contributed by atoms with Gasteiger partial charge in [0.25, 0.3) is 0 Å². The molecular weight excluding hydrogens is 355 g/mol. The minimum Gasteiger partial charge on any atom is -0.481 e. The Hall–Kier alpha value is -1.80. The van der Waals surface area contributed by atoms with E-state index in [-0.39, 0.29) is 0 Å². The molecule has 0 fully saturated rings. The van der Waals surface area contributed by atoms with E-state index in [1.165, 1.54) is 0 Å². The van der Waals surface area contributed by atoms with Crippen LogP contribution in [0.2, 0.25) is 5.02 Å². The summed E-state index contributed by atoms with van der Waals surface area (Å²) in [6, 6.07) is 2.36. The van der Waals surface area contributed by atoms with Crippen molar-refractivity contribution in [1.82, 2.24) is 5.32 Å². The summed E-state index contributed by atoms with van der Waals surface area (Å²) in [5, 5.41) is 22.1. The van der Waals surface area contributed by atoms with Gasteiger partial charge in [0.15, 0.2) is 0 Å². The maximum Gasteiger partial charge on any atom is 0.326 e. The average molecular weight is 366 g/mol. The van der Waals surface area contributed by atoms with E-state index in [1.807, 2.05) is 5.32 Å². The molecule has 0 spiro atoms. The second-order valence-electron chi connectivity index (χ2n) is 3.69. The Balaban J connectivity index is 2.73. The van der Waals surface area contributed by atoms with Crippen LogP contribution in [0.1, 0.15) is 6.42 Å². The molecule has 1 aromatic rings. The number of carbonyl (C=O) groups excluding carboxylic acids is 1. The van der Waals surface area contributed by atoms with Crippen LogP contribution in [-0.2, 0) is 9.59 Å². The number of amides is 2. The summed E-state index contributed by atoms with van der Waals surface area (Å²) in [5.74, 6) is -2.77. The third-order valence-electron chi connectivity index (χ3n) is 2.18. The Labute approximate surface area is 127 Å². The normalized spacial score (nSPS) is 11.5. The van der Waals surface area contributed by atoms with Gasteiger partial charge in [0.2, 0.25) is 0 Å². The number of nitrogens with one attached hydrogen (secondary N) is 2. The van der Waals surface area contributed by atoms with Crippen molar-refractivity contribution in [3.05, 3.63) is 27.7 Å². The molecule has 0 saturated carbocycles. The summed E-state index contributed by atoms with van der Waals surface area (Å²) in [6.07, 6.45) is -0.723.